The second-order valence-corrected chi connectivity index (χ2v) is 7.14. The highest BCUT2D eigenvalue weighted by molar-refractivity contribution is 5.97. The fourth-order valence-corrected chi connectivity index (χ4v) is 3.33. The van der Waals surface area contributed by atoms with E-state index in [4.69, 9.17) is 4.74 Å². The predicted octanol–water partition coefficient (Wildman–Crippen LogP) is 3.00. The van der Waals surface area contributed by atoms with Crippen LogP contribution in [0.1, 0.15) is 36.0 Å². The zero-order valence-electron chi connectivity index (χ0n) is 15.1. The van der Waals surface area contributed by atoms with Gasteiger partial charge in [-0.3, -0.25) is 9.59 Å². The molecule has 0 spiro atoms. The largest absolute Gasteiger partial charge is 0.438 e. The van der Waals surface area contributed by atoms with Gasteiger partial charge in [-0.2, -0.15) is 0 Å². The van der Waals surface area contributed by atoms with Crippen LogP contribution < -0.4 is 10.1 Å². The highest BCUT2D eigenvalue weighted by Gasteiger charge is 2.33. The van der Waals surface area contributed by atoms with Crippen molar-refractivity contribution in [3.63, 3.8) is 0 Å². The summed E-state index contributed by atoms with van der Waals surface area (Å²) in [7, 11) is 0. The van der Waals surface area contributed by atoms with Crippen LogP contribution in [0.4, 0.5) is 0 Å². The lowest BCUT2D eigenvalue weighted by molar-refractivity contribution is -0.126. The van der Waals surface area contributed by atoms with Gasteiger partial charge in [-0.15, -0.1) is 0 Å². The topological polar surface area (TPSA) is 71.5 Å². The first-order valence-corrected chi connectivity index (χ1v) is 9.48. The number of benzene rings is 1. The summed E-state index contributed by atoms with van der Waals surface area (Å²) in [5.74, 6) is 0.710. The van der Waals surface area contributed by atoms with Gasteiger partial charge in [-0.25, -0.2) is 4.98 Å². The highest BCUT2D eigenvalue weighted by atomic mass is 16.5. The molecule has 1 unspecified atom stereocenters. The van der Waals surface area contributed by atoms with Crippen LogP contribution in [-0.4, -0.2) is 40.8 Å². The van der Waals surface area contributed by atoms with E-state index in [0.717, 1.165) is 25.7 Å². The average molecular weight is 365 g/mol. The van der Waals surface area contributed by atoms with Crippen LogP contribution in [-0.2, 0) is 4.79 Å². The number of para-hydroxylation sites is 1. The van der Waals surface area contributed by atoms with Gasteiger partial charge in [0, 0.05) is 25.3 Å². The maximum atomic E-state index is 13.1. The minimum atomic E-state index is -0.141. The lowest BCUT2D eigenvalue weighted by Crippen LogP contribution is -2.46. The molecule has 2 aliphatic rings. The molecule has 4 rings (SSSR count). The lowest BCUT2D eigenvalue weighted by Gasteiger charge is -2.32. The number of hydrogen-bond donors (Lipinski definition) is 1. The maximum Gasteiger partial charge on any atom is 0.259 e. The molecule has 6 heteroatoms. The number of likely N-dealkylation sites (tertiary alicyclic amines) is 1. The molecule has 2 aromatic rings. The van der Waals surface area contributed by atoms with Crippen molar-refractivity contribution in [3.05, 3.63) is 54.2 Å². The van der Waals surface area contributed by atoms with Crippen LogP contribution in [0.3, 0.4) is 0 Å². The summed E-state index contributed by atoms with van der Waals surface area (Å²) in [4.78, 5) is 31.5. The molecule has 2 fully saturated rings. The number of ether oxygens (including phenoxy) is 1. The molecule has 1 saturated heterocycles. The van der Waals surface area contributed by atoms with Crippen LogP contribution in [0.15, 0.2) is 48.7 Å². The fourth-order valence-electron chi connectivity index (χ4n) is 3.33. The van der Waals surface area contributed by atoms with E-state index in [-0.39, 0.29) is 17.7 Å². The van der Waals surface area contributed by atoms with E-state index < -0.39 is 0 Å². The molecular formula is C21H23N3O3. The van der Waals surface area contributed by atoms with Crippen LogP contribution in [0.2, 0.25) is 0 Å². The summed E-state index contributed by atoms with van der Waals surface area (Å²) < 4.78 is 5.82. The van der Waals surface area contributed by atoms with E-state index in [1.54, 1.807) is 23.2 Å². The van der Waals surface area contributed by atoms with E-state index in [0.29, 0.717) is 36.3 Å². The quantitative estimate of drug-likeness (QED) is 0.884. The molecule has 0 radical (unpaired) electrons. The third kappa shape index (κ3) is 4.27. The van der Waals surface area contributed by atoms with Gasteiger partial charge in [0.25, 0.3) is 5.91 Å². The average Bonchev–Trinajstić information content (AvgIpc) is 3.53. The molecule has 1 saturated carbocycles. The lowest BCUT2D eigenvalue weighted by atomic mass is 9.96. The van der Waals surface area contributed by atoms with Crippen molar-refractivity contribution in [2.75, 3.05) is 13.1 Å². The number of carbonyl (C=O) groups excluding carboxylic acids is 2. The number of pyridine rings is 1. The van der Waals surface area contributed by atoms with Gasteiger partial charge in [-0.05, 0) is 49.9 Å². The first-order chi connectivity index (χ1) is 13.2. The minimum Gasteiger partial charge on any atom is -0.438 e. The predicted molar refractivity (Wildman–Crippen MR) is 101 cm³/mol. The smallest absolute Gasteiger partial charge is 0.259 e. The van der Waals surface area contributed by atoms with Crippen molar-refractivity contribution in [3.8, 4) is 11.6 Å². The molecule has 1 aliphatic carbocycles. The van der Waals surface area contributed by atoms with Gasteiger partial charge in [0.05, 0.1) is 5.92 Å². The second kappa shape index (κ2) is 7.78. The normalized spacial score (nSPS) is 19.4. The number of nitrogens with one attached hydrogen (secondary N) is 1. The summed E-state index contributed by atoms with van der Waals surface area (Å²) in [5, 5.41) is 3.05. The first-order valence-electron chi connectivity index (χ1n) is 9.48. The summed E-state index contributed by atoms with van der Waals surface area (Å²) in [5.41, 5.74) is 0.421. The first kappa shape index (κ1) is 17.5. The second-order valence-electron chi connectivity index (χ2n) is 7.14. The molecule has 1 aromatic carbocycles. The molecule has 140 valence electrons. The zero-order valence-corrected chi connectivity index (χ0v) is 15.1. The molecule has 1 aromatic heterocycles. The van der Waals surface area contributed by atoms with Crippen LogP contribution >= 0.6 is 0 Å². The number of hydrogen-bond acceptors (Lipinski definition) is 4. The third-order valence-electron chi connectivity index (χ3n) is 4.96. The van der Waals surface area contributed by atoms with Crippen LogP contribution in [0.25, 0.3) is 0 Å². The SMILES string of the molecule is O=C(NC1CC1)C1CCCN(C(=O)c2cccnc2Oc2ccccc2)C1. The monoisotopic (exact) mass is 365 g/mol. The maximum absolute atomic E-state index is 13.1. The van der Waals surface area contributed by atoms with Gasteiger partial charge in [0.15, 0.2) is 0 Å². The Kier molecular flexibility index (Phi) is 5.05. The number of carbonyl (C=O) groups is 2. The Balaban J connectivity index is 1.48. The van der Waals surface area contributed by atoms with Gasteiger partial charge in [0.2, 0.25) is 11.8 Å². The Hall–Kier alpha value is -2.89. The van der Waals surface area contributed by atoms with Gasteiger partial charge >= 0.3 is 0 Å². The molecule has 1 atom stereocenters. The Morgan fingerprint density at radius 1 is 1.07 bits per heavy atom. The Bertz CT molecular complexity index is 820. The Labute approximate surface area is 158 Å². The summed E-state index contributed by atoms with van der Waals surface area (Å²) >= 11 is 0. The number of rotatable bonds is 5. The number of nitrogens with zero attached hydrogens (tertiary/aromatic N) is 2. The van der Waals surface area contributed by atoms with Crippen molar-refractivity contribution in [2.45, 2.75) is 31.7 Å². The van der Waals surface area contributed by atoms with E-state index in [1.165, 1.54) is 0 Å². The van der Waals surface area contributed by atoms with E-state index in [9.17, 15) is 9.59 Å². The summed E-state index contributed by atoms with van der Waals surface area (Å²) in [6, 6.07) is 13.1. The van der Waals surface area contributed by atoms with Crippen molar-refractivity contribution >= 4 is 11.8 Å². The van der Waals surface area contributed by atoms with E-state index >= 15 is 0 Å². The van der Waals surface area contributed by atoms with Crippen molar-refractivity contribution in [1.82, 2.24) is 15.2 Å². The highest BCUT2D eigenvalue weighted by Crippen LogP contribution is 2.26. The van der Waals surface area contributed by atoms with E-state index in [1.807, 2.05) is 30.3 Å². The Morgan fingerprint density at radius 3 is 2.67 bits per heavy atom. The minimum absolute atomic E-state index is 0.0712. The molecule has 2 amide bonds. The third-order valence-corrected chi connectivity index (χ3v) is 4.96. The van der Waals surface area contributed by atoms with Gasteiger partial charge < -0.3 is 15.0 Å². The number of amides is 2. The molecule has 0 bridgehead atoms. The molecule has 1 aliphatic heterocycles. The number of piperidine rings is 1. The molecule has 1 N–H and O–H groups in total. The summed E-state index contributed by atoms with van der Waals surface area (Å²) in [6.07, 6.45) is 5.39. The Morgan fingerprint density at radius 2 is 1.89 bits per heavy atom. The van der Waals surface area contributed by atoms with Gasteiger partial charge in [0.1, 0.15) is 11.3 Å². The van der Waals surface area contributed by atoms with Crippen molar-refractivity contribution in [2.24, 2.45) is 5.92 Å². The van der Waals surface area contributed by atoms with Crippen LogP contribution in [0.5, 0.6) is 11.6 Å². The van der Waals surface area contributed by atoms with Crippen molar-refractivity contribution in [1.29, 1.82) is 0 Å². The standard InChI is InChI=1S/C21H23N3O3/c25-19(23-16-10-11-16)15-6-5-13-24(14-15)21(26)18-9-4-12-22-20(18)27-17-7-2-1-3-8-17/h1-4,7-9,12,15-16H,5-6,10-11,13-14H2,(H,23,25). The van der Waals surface area contributed by atoms with Crippen LogP contribution in [0, 0.1) is 5.92 Å². The van der Waals surface area contributed by atoms with E-state index in [2.05, 4.69) is 10.3 Å². The molecule has 27 heavy (non-hydrogen) atoms. The zero-order chi connectivity index (χ0) is 18.6. The van der Waals surface area contributed by atoms with Gasteiger partial charge in [-0.1, -0.05) is 18.2 Å². The van der Waals surface area contributed by atoms with Crippen molar-refractivity contribution < 1.29 is 14.3 Å². The molecular weight excluding hydrogens is 342 g/mol. The molecule has 6 nitrogen and oxygen atoms in total. The number of aromatic nitrogens is 1. The summed E-state index contributed by atoms with van der Waals surface area (Å²) in [6.45, 7) is 1.09. The molecule has 2 heterocycles. The fraction of sp³-hybridized carbons (Fsp3) is 0.381.